The van der Waals surface area contributed by atoms with E-state index < -0.39 is 23.6 Å². The predicted octanol–water partition coefficient (Wildman–Crippen LogP) is 0.214. The quantitative estimate of drug-likeness (QED) is 0.726. The van der Waals surface area contributed by atoms with E-state index in [2.05, 4.69) is 0 Å². The Kier molecular flexibility index (Phi) is 4.74. The van der Waals surface area contributed by atoms with Crippen LogP contribution in [0, 0.1) is 0 Å². The van der Waals surface area contributed by atoms with Crippen LogP contribution >= 0.6 is 0 Å². The molecule has 2 amide bonds. The van der Waals surface area contributed by atoms with E-state index in [9.17, 15) is 14.7 Å². The maximum atomic E-state index is 11.7. The lowest BCUT2D eigenvalue weighted by atomic mass is 10.1. The van der Waals surface area contributed by atoms with Crippen LogP contribution in [0.1, 0.15) is 20.8 Å². The number of rotatable bonds is 4. The predicted molar refractivity (Wildman–Crippen MR) is 59.2 cm³/mol. The molecule has 6 nitrogen and oxygen atoms in total. The fraction of sp³-hybridized carbons (Fsp3) is 0.800. The van der Waals surface area contributed by atoms with E-state index in [1.165, 1.54) is 25.9 Å². The van der Waals surface area contributed by atoms with Gasteiger partial charge in [-0.15, -0.1) is 0 Å². The largest absolute Gasteiger partial charge is 0.480 e. The molecule has 0 aromatic heterocycles. The van der Waals surface area contributed by atoms with Crippen molar-refractivity contribution in [1.29, 1.82) is 0 Å². The zero-order chi connectivity index (χ0) is 13.1. The van der Waals surface area contributed by atoms with Crippen LogP contribution in [0.25, 0.3) is 0 Å². The van der Waals surface area contributed by atoms with Crippen LogP contribution in [-0.4, -0.2) is 64.3 Å². The third kappa shape index (κ3) is 4.48. The Morgan fingerprint density at radius 2 is 1.75 bits per heavy atom. The number of urea groups is 1. The van der Waals surface area contributed by atoms with Crippen molar-refractivity contribution in [3.05, 3.63) is 0 Å². The summed E-state index contributed by atoms with van der Waals surface area (Å²) in [4.78, 5) is 24.8. The summed E-state index contributed by atoms with van der Waals surface area (Å²) >= 11 is 0. The monoisotopic (exact) mass is 232 g/mol. The minimum absolute atomic E-state index is 0.141. The molecule has 2 N–H and O–H groups in total. The first-order valence-electron chi connectivity index (χ1n) is 4.99. The maximum absolute atomic E-state index is 11.7. The van der Waals surface area contributed by atoms with Crippen molar-refractivity contribution in [2.45, 2.75) is 32.4 Å². The lowest BCUT2D eigenvalue weighted by molar-refractivity contribution is -0.141. The summed E-state index contributed by atoms with van der Waals surface area (Å²) in [6, 6.07) is -1.33. The van der Waals surface area contributed by atoms with Crippen LogP contribution in [0.5, 0.6) is 0 Å². The first-order valence-corrected chi connectivity index (χ1v) is 4.99. The fourth-order valence-electron chi connectivity index (χ4n) is 1.25. The van der Waals surface area contributed by atoms with E-state index in [4.69, 9.17) is 5.11 Å². The second-order valence-corrected chi connectivity index (χ2v) is 4.58. The van der Waals surface area contributed by atoms with Crippen molar-refractivity contribution < 1.29 is 19.8 Å². The van der Waals surface area contributed by atoms with Gasteiger partial charge in [0.2, 0.25) is 0 Å². The second-order valence-electron chi connectivity index (χ2n) is 4.58. The first kappa shape index (κ1) is 14.7. The molecular weight excluding hydrogens is 212 g/mol. The highest BCUT2D eigenvalue weighted by molar-refractivity contribution is 5.82. The van der Waals surface area contributed by atoms with Gasteiger partial charge in [0.25, 0.3) is 0 Å². The van der Waals surface area contributed by atoms with Crippen LogP contribution in [0.2, 0.25) is 0 Å². The normalized spacial score (nSPS) is 13.1. The lowest BCUT2D eigenvalue weighted by Gasteiger charge is -2.31. The second kappa shape index (κ2) is 5.16. The number of hydrogen-bond acceptors (Lipinski definition) is 3. The highest BCUT2D eigenvalue weighted by atomic mass is 16.4. The molecule has 0 rings (SSSR count). The number of nitrogens with zero attached hydrogens (tertiary/aromatic N) is 2. The number of aliphatic hydroxyl groups is 1. The van der Waals surface area contributed by atoms with Crippen LogP contribution in [0.4, 0.5) is 4.79 Å². The number of hydrogen-bond donors (Lipinski definition) is 2. The fourth-order valence-corrected chi connectivity index (χ4v) is 1.25. The van der Waals surface area contributed by atoms with Crippen molar-refractivity contribution >= 4 is 12.0 Å². The minimum atomic E-state index is -1.06. The zero-order valence-electron chi connectivity index (χ0n) is 10.4. The van der Waals surface area contributed by atoms with Gasteiger partial charge < -0.3 is 20.0 Å². The summed E-state index contributed by atoms with van der Waals surface area (Å²) in [7, 11) is 2.94. The van der Waals surface area contributed by atoms with Gasteiger partial charge in [0.1, 0.15) is 6.04 Å². The smallest absolute Gasteiger partial charge is 0.326 e. The minimum Gasteiger partial charge on any atom is -0.480 e. The number of amides is 2. The molecule has 16 heavy (non-hydrogen) atoms. The van der Waals surface area contributed by atoms with Crippen LogP contribution in [-0.2, 0) is 4.79 Å². The molecule has 0 fully saturated rings. The molecule has 0 aliphatic heterocycles. The number of carbonyl (C=O) groups excluding carboxylic acids is 1. The van der Waals surface area contributed by atoms with Crippen LogP contribution in [0.3, 0.4) is 0 Å². The average Bonchev–Trinajstić information content (AvgIpc) is 2.11. The van der Waals surface area contributed by atoms with Crippen molar-refractivity contribution in [2.75, 3.05) is 20.6 Å². The Morgan fingerprint density at radius 1 is 1.31 bits per heavy atom. The molecular formula is C10H20N2O4. The summed E-state index contributed by atoms with van der Waals surface area (Å²) in [6.45, 7) is 4.73. The topological polar surface area (TPSA) is 81.1 Å². The summed E-state index contributed by atoms with van der Waals surface area (Å²) in [5.74, 6) is -1.06. The molecule has 0 saturated carbocycles. The Labute approximate surface area is 95.5 Å². The van der Waals surface area contributed by atoms with Crippen molar-refractivity contribution in [3.63, 3.8) is 0 Å². The number of carbonyl (C=O) groups is 2. The number of aliphatic carboxylic acids is 1. The molecule has 0 bridgehead atoms. The van der Waals surface area contributed by atoms with Crippen LogP contribution < -0.4 is 0 Å². The van der Waals surface area contributed by atoms with Crippen molar-refractivity contribution in [3.8, 4) is 0 Å². The Hall–Kier alpha value is -1.30. The third-order valence-electron chi connectivity index (χ3n) is 2.19. The van der Waals surface area contributed by atoms with Crippen molar-refractivity contribution in [1.82, 2.24) is 9.80 Å². The molecule has 94 valence electrons. The summed E-state index contributed by atoms with van der Waals surface area (Å²) < 4.78 is 0. The molecule has 0 spiro atoms. The molecule has 0 radical (unpaired) electrons. The lowest BCUT2D eigenvalue weighted by Crippen LogP contribution is -2.49. The number of carboxylic acids is 1. The molecule has 6 heteroatoms. The molecule has 1 atom stereocenters. The van der Waals surface area contributed by atoms with E-state index >= 15 is 0 Å². The summed E-state index contributed by atoms with van der Waals surface area (Å²) in [5.41, 5.74) is -1.00. The number of likely N-dealkylation sites (N-methyl/N-ethyl adjacent to an activating group) is 2. The van der Waals surface area contributed by atoms with Gasteiger partial charge in [-0.25, -0.2) is 9.59 Å². The summed E-state index contributed by atoms with van der Waals surface area (Å²) in [5, 5.41) is 18.3. The molecule has 0 heterocycles. The van der Waals surface area contributed by atoms with Gasteiger partial charge in [0.05, 0.1) is 12.1 Å². The Balaban J connectivity index is 4.50. The van der Waals surface area contributed by atoms with E-state index in [1.54, 1.807) is 13.8 Å². The van der Waals surface area contributed by atoms with Gasteiger partial charge in [0.15, 0.2) is 0 Å². The Morgan fingerprint density at radius 3 is 2.06 bits per heavy atom. The molecule has 1 unspecified atom stereocenters. The van der Waals surface area contributed by atoms with Gasteiger partial charge in [-0.2, -0.15) is 0 Å². The SMILES string of the molecule is CC(C(=O)O)N(C)C(=O)N(C)CC(C)(C)O. The summed E-state index contributed by atoms with van der Waals surface area (Å²) in [6.07, 6.45) is 0. The van der Waals surface area contributed by atoms with E-state index in [0.29, 0.717) is 0 Å². The molecule has 0 aromatic rings. The molecule has 0 saturated heterocycles. The Bertz CT molecular complexity index is 272. The average molecular weight is 232 g/mol. The van der Waals surface area contributed by atoms with Gasteiger partial charge in [-0.1, -0.05) is 0 Å². The van der Waals surface area contributed by atoms with Gasteiger partial charge in [-0.3, -0.25) is 0 Å². The maximum Gasteiger partial charge on any atom is 0.326 e. The third-order valence-corrected chi connectivity index (χ3v) is 2.19. The molecule has 0 aliphatic carbocycles. The standard InChI is InChI=1S/C10H20N2O4/c1-7(8(13)14)12(5)9(15)11(4)6-10(2,3)16/h7,16H,6H2,1-5H3,(H,13,14). The zero-order valence-corrected chi connectivity index (χ0v) is 10.4. The first-order chi connectivity index (χ1) is 7.06. The highest BCUT2D eigenvalue weighted by Gasteiger charge is 2.26. The van der Waals surface area contributed by atoms with Crippen molar-refractivity contribution in [2.24, 2.45) is 0 Å². The highest BCUT2D eigenvalue weighted by Crippen LogP contribution is 2.07. The van der Waals surface area contributed by atoms with Gasteiger partial charge >= 0.3 is 12.0 Å². The van der Waals surface area contributed by atoms with E-state index in [-0.39, 0.29) is 6.54 Å². The molecule has 0 aromatic carbocycles. The molecule has 0 aliphatic rings. The van der Waals surface area contributed by atoms with E-state index in [0.717, 1.165) is 4.90 Å². The van der Waals surface area contributed by atoms with Gasteiger partial charge in [-0.05, 0) is 20.8 Å². The number of carboxylic acid groups (broad SMARTS) is 1. The van der Waals surface area contributed by atoms with Crippen LogP contribution in [0.15, 0.2) is 0 Å². The van der Waals surface area contributed by atoms with Gasteiger partial charge in [0, 0.05) is 14.1 Å². The van der Waals surface area contributed by atoms with E-state index in [1.807, 2.05) is 0 Å².